The Balaban J connectivity index is 2.03. The van der Waals surface area contributed by atoms with Crippen LogP contribution in [0.2, 0.25) is 0 Å². The lowest BCUT2D eigenvalue weighted by Crippen LogP contribution is -2.59. The summed E-state index contributed by atoms with van der Waals surface area (Å²) in [6.45, 7) is 2.61. The Labute approximate surface area is 607 Å². The van der Waals surface area contributed by atoms with Crippen molar-refractivity contribution in [3.05, 3.63) is 84.2 Å². The number of thiol groups is 1. The van der Waals surface area contributed by atoms with E-state index in [0.29, 0.717) is 5.75 Å². The zero-order valence-electron chi connectivity index (χ0n) is 56.6. The van der Waals surface area contributed by atoms with E-state index in [1.54, 1.807) is 0 Å². The number of benzene rings is 2. The lowest BCUT2D eigenvalue weighted by molar-refractivity contribution is -0.141. The fourth-order valence-electron chi connectivity index (χ4n) is 10.4. The first kappa shape index (κ1) is 90.5. The highest BCUT2D eigenvalue weighted by Crippen LogP contribution is 2.45. The molecule has 27 N–H and O–H groups in total. The Morgan fingerprint density at radius 1 is 0.394 bits per heavy atom. The third kappa shape index (κ3) is 30.1. The number of carbonyl (C=O) groups excluding carboxylic acids is 7. The molecule has 0 saturated carbocycles. The molecule has 1 unspecified atom stereocenters. The normalized spacial score (nSPS) is 17.1. The summed E-state index contributed by atoms with van der Waals surface area (Å²) in [5, 5.41) is 200. The molecule has 0 heterocycles. The van der Waals surface area contributed by atoms with Gasteiger partial charge in [0, 0.05) is 79.9 Å². The predicted molar refractivity (Wildman–Crippen MR) is 371 cm³/mol. The zero-order valence-corrected chi connectivity index (χ0v) is 58.3. The van der Waals surface area contributed by atoms with Gasteiger partial charge in [-0.2, -0.15) is 24.4 Å². The van der Waals surface area contributed by atoms with Gasteiger partial charge < -0.3 is 140 Å². The van der Waals surface area contributed by atoms with Crippen LogP contribution in [0.4, 0.5) is 0 Å². The zero-order chi connectivity index (χ0) is 78.1. The highest BCUT2D eigenvalue weighted by Gasteiger charge is 2.38. The quantitative estimate of drug-likeness (QED) is 0.0216. The molecule has 2 aromatic carbocycles. The maximum atomic E-state index is 14.6. The van der Waals surface area contributed by atoms with Gasteiger partial charge in [-0.25, -0.2) is 4.79 Å². The number of rotatable bonds is 53. The predicted octanol–water partition coefficient (Wildman–Crippen LogP) is -8.45. The number of carboxylic acid groups (broad SMARTS) is 3. The van der Waals surface area contributed by atoms with Crippen molar-refractivity contribution in [1.29, 1.82) is 0 Å². The average molecular weight is 1520 g/mol. The second-order valence-electron chi connectivity index (χ2n) is 24.6. The lowest BCUT2D eigenvalue weighted by Gasteiger charge is -2.28. The van der Waals surface area contributed by atoms with E-state index < -0.39 is 259 Å². The number of hydrogen-bond donors (Lipinski definition) is 28. The van der Waals surface area contributed by atoms with Gasteiger partial charge in [0.2, 0.25) is 41.4 Å². The SMILES string of the molecule is C=C(CC[C@H](NC(=O)[C@H](CCC(=O)O)NC(=O)[C@H](CCC(=O)NC[C@H](O)[C@@H](O)[C@H](O)[C@H](O)CO)NC(=O)[C@H](CCC(=O)O)NC(=O)[C@H](CCC(=C)NC[C@H](O)[C@@H](O)[C@H](O)C(O)CO)NC(=O)CCSCC1c2ccccc2-c2ccccc21)C(=O)N[C@@H](CS)C(=O)O)NC[C@H](O)[C@@H](O)[C@H](O)[C@H](O)CO. The molecule has 39 heteroatoms. The number of aliphatic hydroxyl groups is 15. The van der Waals surface area contributed by atoms with E-state index in [4.69, 9.17) is 5.11 Å². The Bertz CT molecular complexity index is 3120. The standard InChI is InChI=1S/C65H99N9O28S2/c1-31(66-23-44(78)54(90)57(93)47(81)26-75)11-13-38(69-51(85)21-22-104-30-37-35-9-5-3-7-33(35)34-8-4-6-10-36(34)37)60(96)72-41(16-19-52(86)87)63(99)71-40(15-18-50(84)68-25-46(80)56(92)59(95)49(83)28-77)61(97)73-42(17-20-53(88)89)62(98)70-39(64(100)74-43(29-103)65(101)102)14-12-32(2)67-24-45(79)55(91)58(94)48(82)27-76/h3-10,37-49,54-59,66-67,75-83,90-95,103H,1-2,11-30H2,(H,68,84)(H,69,85)(H,70,98)(H,71,99)(H,72,96)(H,73,97)(H,74,100)(H,86,87)(H,88,89)(H,101,102)/t38-,39-,40-,41-,42-,43-,44-,45-,46-,47?,48+,49+,54+,55+,56+,57+,58+,59+/m0/s1. The van der Waals surface area contributed by atoms with E-state index in [1.807, 2.05) is 48.5 Å². The maximum absolute atomic E-state index is 14.6. The fourth-order valence-corrected chi connectivity index (χ4v) is 11.8. The number of hydrogen-bond acceptors (Lipinski definition) is 29. The minimum absolute atomic E-state index is 0.0260. The largest absolute Gasteiger partial charge is 0.481 e. The van der Waals surface area contributed by atoms with Gasteiger partial charge in [0.1, 0.15) is 91.2 Å². The number of carbonyl (C=O) groups is 10. The summed E-state index contributed by atoms with van der Waals surface area (Å²) in [4.78, 5) is 135. The molecule has 104 heavy (non-hydrogen) atoms. The molecular weight excluding hydrogens is 1420 g/mol. The van der Waals surface area contributed by atoms with E-state index in [-0.39, 0.29) is 48.7 Å². The Kier molecular flexibility index (Phi) is 40.3. The minimum Gasteiger partial charge on any atom is -0.481 e. The van der Waals surface area contributed by atoms with Crippen molar-refractivity contribution in [1.82, 2.24) is 47.9 Å². The molecule has 1 aliphatic rings. The van der Waals surface area contributed by atoms with Crippen LogP contribution in [-0.4, -0.2) is 317 Å². The lowest BCUT2D eigenvalue weighted by atomic mass is 9.99. The molecule has 0 bridgehead atoms. The van der Waals surface area contributed by atoms with Gasteiger partial charge in [0.05, 0.1) is 38.1 Å². The minimum atomic E-state index is -2.17. The summed E-state index contributed by atoms with van der Waals surface area (Å²) in [5.41, 5.74) is 4.32. The molecule has 2 aromatic rings. The molecule has 0 aromatic heterocycles. The van der Waals surface area contributed by atoms with Crippen LogP contribution in [-0.2, 0) is 47.9 Å². The smallest absolute Gasteiger partial charge is 0.327 e. The number of fused-ring (bicyclic) bond motifs is 3. The highest BCUT2D eigenvalue weighted by molar-refractivity contribution is 7.99. The van der Waals surface area contributed by atoms with Gasteiger partial charge >= 0.3 is 17.9 Å². The summed E-state index contributed by atoms with van der Waals surface area (Å²) in [6.07, 6.45) is -30.2. The molecular formula is C65H99N9O28S2. The van der Waals surface area contributed by atoms with Crippen LogP contribution >= 0.6 is 24.4 Å². The molecule has 0 aliphatic heterocycles. The topological polar surface area (TPSA) is 643 Å². The van der Waals surface area contributed by atoms with E-state index in [2.05, 4.69) is 73.6 Å². The van der Waals surface area contributed by atoms with Crippen molar-refractivity contribution in [2.24, 2.45) is 0 Å². The average Bonchev–Trinajstić information content (AvgIpc) is 1.62. The molecule has 0 spiro atoms. The number of aliphatic carboxylic acids is 3. The third-order valence-corrected chi connectivity index (χ3v) is 18.2. The first-order valence-electron chi connectivity index (χ1n) is 33.0. The Hall–Kier alpha value is -7.68. The number of aliphatic hydroxyl groups excluding tert-OH is 15. The molecule has 0 radical (unpaired) electrons. The molecule has 7 amide bonds. The van der Waals surface area contributed by atoms with Gasteiger partial charge in [-0.3, -0.25) is 43.2 Å². The molecule has 18 atom stereocenters. The van der Waals surface area contributed by atoms with Gasteiger partial charge in [0.15, 0.2) is 0 Å². The molecule has 3 rings (SSSR count). The van der Waals surface area contributed by atoms with Crippen LogP contribution in [0.15, 0.2) is 73.1 Å². The molecule has 0 fully saturated rings. The second-order valence-corrected chi connectivity index (χ2v) is 26.2. The first-order valence-corrected chi connectivity index (χ1v) is 34.8. The Morgan fingerprint density at radius 2 is 0.702 bits per heavy atom. The number of allylic oxidation sites excluding steroid dienone is 2. The van der Waals surface area contributed by atoms with E-state index in [9.17, 15) is 135 Å². The first-order chi connectivity index (χ1) is 49.1. The van der Waals surface area contributed by atoms with E-state index in [0.717, 1.165) is 22.3 Å². The number of carboxylic acids is 3. The van der Waals surface area contributed by atoms with Crippen molar-refractivity contribution in [2.45, 2.75) is 186 Å². The van der Waals surface area contributed by atoms with Crippen LogP contribution in [0.3, 0.4) is 0 Å². The molecule has 584 valence electrons. The van der Waals surface area contributed by atoms with Crippen molar-refractivity contribution in [2.75, 3.05) is 56.7 Å². The van der Waals surface area contributed by atoms with Crippen LogP contribution in [0.1, 0.15) is 87.7 Å². The monoisotopic (exact) mass is 1520 g/mol. The van der Waals surface area contributed by atoms with Gasteiger partial charge in [-0.1, -0.05) is 61.7 Å². The van der Waals surface area contributed by atoms with Crippen molar-refractivity contribution in [3.8, 4) is 11.1 Å². The Morgan fingerprint density at radius 3 is 1.04 bits per heavy atom. The maximum Gasteiger partial charge on any atom is 0.327 e. The van der Waals surface area contributed by atoms with Crippen molar-refractivity contribution < 1.29 is 140 Å². The fraction of sp³-hybridized carbons (Fsp3) is 0.600. The van der Waals surface area contributed by atoms with E-state index >= 15 is 0 Å². The number of nitrogens with one attached hydrogen (secondary N) is 9. The molecule has 1 aliphatic carbocycles. The summed E-state index contributed by atoms with van der Waals surface area (Å²) in [7, 11) is 0. The number of amides is 7. The van der Waals surface area contributed by atoms with Gasteiger partial charge in [-0.15, -0.1) is 0 Å². The number of thioether (sulfide) groups is 1. The van der Waals surface area contributed by atoms with Crippen LogP contribution in [0.25, 0.3) is 11.1 Å². The van der Waals surface area contributed by atoms with Gasteiger partial charge in [-0.05, 0) is 67.2 Å². The molecule has 0 saturated heterocycles. The summed E-state index contributed by atoms with van der Waals surface area (Å²) >= 11 is 5.37. The van der Waals surface area contributed by atoms with Crippen LogP contribution < -0.4 is 47.9 Å². The molecule has 37 nitrogen and oxygen atoms in total. The van der Waals surface area contributed by atoms with Crippen molar-refractivity contribution >= 4 is 83.6 Å². The summed E-state index contributed by atoms with van der Waals surface area (Å²) in [6, 6.07) is 4.57. The summed E-state index contributed by atoms with van der Waals surface area (Å²) < 4.78 is 0. The second kappa shape index (κ2) is 46.3. The highest BCUT2D eigenvalue weighted by atomic mass is 32.2. The van der Waals surface area contributed by atoms with Crippen LogP contribution in [0.5, 0.6) is 0 Å². The van der Waals surface area contributed by atoms with E-state index in [1.165, 1.54) is 11.8 Å². The summed E-state index contributed by atoms with van der Waals surface area (Å²) in [5.74, 6) is -12.6. The third-order valence-electron chi connectivity index (χ3n) is 16.7. The van der Waals surface area contributed by atoms with Crippen LogP contribution in [0, 0.1) is 0 Å². The van der Waals surface area contributed by atoms with Gasteiger partial charge in [0.25, 0.3) is 0 Å². The van der Waals surface area contributed by atoms with Crippen molar-refractivity contribution in [3.63, 3.8) is 0 Å².